The summed E-state index contributed by atoms with van der Waals surface area (Å²) in [6.07, 6.45) is 75.2. The molecule has 5 unspecified atom stereocenters. The van der Waals surface area contributed by atoms with Crippen LogP contribution in [-0.2, 0) is 65.4 Å². The Labute approximate surface area is 696 Å². The van der Waals surface area contributed by atoms with Crippen LogP contribution in [0.1, 0.15) is 498 Å². The number of rotatable bonds is 91. The number of esters is 4. The quantitative estimate of drug-likeness (QED) is 0.0222. The molecule has 0 aromatic rings. The standard InChI is InChI=1S/C94H184O17P2/c1-9-86(7)72-64-56-48-40-34-28-22-15-11-13-17-24-30-36-42-50-58-66-74-91(96)104-80-89(110-93(98)76-68-60-51-43-37-31-25-18-14-12-16-23-29-35-41-49-57-65-73-87(8)10-2)82-108-112(100,101)106-78-88(95)79-107-113(102,103)109-83-90(81-105-92(97)75-67-59-53-45-47-55-63-71-85(5)6)111-94(99)77-69-61-52-44-38-32-26-20-19-21-27-33-39-46-54-62-70-84(3)4/h84-90,95H,9-83H2,1-8H3,(H,100,101)(H,102,103)/t86?,87?,88?,89-,90-/m1/s1. The molecule has 0 fully saturated rings. The second-order valence-corrected chi connectivity index (χ2v) is 38.1. The van der Waals surface area contributed by atoms with Crippen molar-refractivity contribution in [2.45, 2.75) is 517 Å². The molecule has 3 N–H and O–H groups in total. The molecular weight excluding hydrogens is 1460 g/mol. The predicted octanol–water partition coefficient (Wildman–Crippen LogP) is 29.1. The normalized spacial score (nSPS) is 14.3. The average Bonchev–Trinajstić information content (AvgIpc) is 0.904. The number of ether oxygens (including phenoxy) is 4. The minimum atomic E-state index is -4.97. The van der Waals surface area contributed by atoms with E-state index in [1.165, 1.54) is 295 Å². The second kappa shape index (κ2) is 82.4. The highest BCUT2D eigenvalue weighted by Gasteiger charge is 2.31. The van der Waals surface area contributed by atoms with Crippen molar-refractivity contribution >= 4 is 39.5 Å². The zero-order valence-corrected chi connectivity index (χ0v) is 76.8. The summed E-state index contributed by atoms with van der Waals surface area (Å²) >= 11 is 0. The Morgan fingerprint density at radius 2 is 0.425 bits per heavy atom. The zero-order chi connectivity index (χ0) is 83.0. The maximum atomic E-state index is 13.2. The molecule has 0 rings (SSSR count). The summed E-state index contributed by atoms with van der Waals surface area (Å²) in [5, 5.41) is 10.7. The van der Waals surface area contributed by atoms with Crippen molar-refractivity contribution in [1.82, 2.24) is 0 Å². The van der Waals surface area contributed by atoms with Crippen molar-refractivity contribution in [3.63, 3.8) is 0 Å². The summed E-state index contributed by atoms with van der Waals surface area (Å²) in [5.74, 6) is 1.16. The average molecular weight is 1650 g/mol. The minimum absolute atomic E-state index is 0.107. The van der Waals surface area contributed by atoms with Crippen LogP contribution in [0, 0.1) is 23.7 Å². The summed E-state index contributed by atoms with van der Waals surface area (Å²) in [6, 6.07) is 0. The third kappa shape index (κ3) is 84.9. The zero-order valence-electron chi connectivity index (χ0n) is 75.0. The number of unbranched alkanes of at least 4 members (excludes halogenated alkanes) is 55. The molecular formula is C94H184O17P2. The first-order chi connectivity index (χ1) is 54.7. The van der Waals surface area contributed by atoms with Crippen LogP contribution in [-0.4, -0.2) is 96.7 Å². The topological polar surface area (TPSA) is 237 Å². The van der Waals surface area contributed by atoms with E-state index < -0.39 is 97.5 Å². The van der Waals surface area contributed by atoms with Gasteiger partial charge in [-0.25, -0.2) is 9.13 Å². The van der Waals surface area contributed by atoms with Gasteiger partial charge in [0.25, 0.3) is 0 Å². The van der Waals surface area contributed by atoms with E-state index in [-0.39, 0.29) is 25.7 Å². The molecule has 0 saturated heterocycles. The SMILES string of the molecule is CCC(C)CCCCCCCCCCCCCCCCCCCCC(=O)OC[C@H](COP(=O)(O)OCC(O)COP(=O)(O)OC[C@@H](COC(=O)CCCCCCCCCC(C)C)OC(=O)CCCCCCCCCCCCCCCCCCC(C)C)OC(=O)CCCCCCCCCCCCCCCCCCCCC(C)CC. The third-order valence-electron chi connectivity index (χ3n) is 22.8. The molecule has 0 bridgehead atoms. The first kappa shape index (κ1) is 111. The van der Waals surface area contributed by atoms with Crippen LogP contribution < -0.4 is 0 Å². The Balaban J connectivity index is 5.21. The highest BCUT2D eigenvalue weighted by Crippen LogP contribution is 2.45. The molecule has 0 heterocycles. The number of hydrogen-bond donors (Lipinski definition) is 3. The van der Waals surface area contributed by atoms with Gasteiger partial charge in [-0.1, -0.05) is 447 Å². The summed E-state index contributed by atoms with van der Waals surface area (Å²) in [4.78, 5) is 73.5. The van der Waals surface area contributed by atoms with Gasteiger partial charge < -0.3 is 33.8 Å². The van der Waals surface area contributed by atoms with Crippen LogP contribution in [0.25, 0.3) is 0 Å². The molecule has 0 aromatic carbocycles. The monoisotopic (exact) mass is 1650 g/mol. The van der Waals surface area contributed by atoms with Crippen LogP contribution in [0.3, 0.4) is 0 Å². The Hall–Kier alpha value is -1.94. The van der Waals surface area contributed by atoms with Gasteiger partial charge in [0.2, 0.25) is 0 Å². The summed E-state index contributed by atoms with van der Waals surface area (Å²) in [7, 11) is -9.94. The number of carbonyl (C=O) groups excluding carboxylic acids is 4. The molecule has 672 valence electrons. The first-order valence-corrected chi connectivity index (χ1v) is 51.3. The molecule has 17 nitrogen and oxygen atoms in total. The van der Waals surface area contributed by atoms with Gasteiger partial charge in [0.15, 0.2) is 12.2 Å². The Morgan fingerprint density at radius 3 is 0.628 bits per heavy atom. The van der Waals surface area contributed by atoms with E-state index in [9.17, 15) is 43.2 Å². The van der Waals surface area contributed by atoms with Gasteiger partial charge in [0.05, 0.1) is 26.4 Å². The van der Waals surface area contributed by atoms with Crippen molar-refractivity contribution < 1.29 is 80.2 Å². The maximum Gasteiger partial charge on any atom is 0.472 e. The van der Waals surface area contributed by atoms with Gasteiger partial charge in [-0.2, -0.15) is 0 Å². The molecule has 0 amide bonds. The van der Waals surface area contributed by atoms with E-state index in [4.69, 9.17) is 37.0 Å². The van der Waals surface area contributed by atoms with Crippen molar-refractivity contribution in [3.8, 4) is 0 Å². The van der Waals surface area contributed by atoms with Gasteiger partial charge in [0, 0.05) is 25.7 Å². The number of aliphatic hydroxyl groups excluding tert-OH is 1. The van der Waals surface area contributed by atoms with Gasteiger partial charge in [-0.15, -0.1) is 0 Å². The van der Waals surface area contributed by atoms with Crippen molar-refractivity contribution in [2.24, 2.45) is 23.7 Å². The molecule has 7 atom stereocenters. The molecule has 0 aliphatic rings. The fourth-order valence-corrected chi connectivity index (χ4v) is 16.2. The molecule has 0 aliphatic heterocycles. The number of phosphoric acid groups is 2. The van der Waals surface area contributed by atoms with E-state index >= 15 is 0 Å². The lowest BCUT2D eigenvalue weighted by molar-refractivity contribution is -0.161. The first-order valence-electron chi connectivity index (χ1n) is 48.3. The van der Waals surface area contributed by atoms with Crippen molar-refractivity contribution in [3.05, 3.63) is 0 Å². The van der Waals surface area contributed by atoms with Crippen LogP contribution >= 0.6 is 15.6 Å². The predicted molar refractivity (Wildman–Crippen MR) is 469 cm³/mol. The van der Waals surface area contributed by atoms with Gasteiger partial charge in [0.1, 0.15) is 19.3 Å². The lowest BCUT2D eigenvalue weighted by Crippen LogP contribution is -2.30. The Morgan fingerprint density at radius 1 is 0.248 bits per heavy atom. The van der Waals surface area contributed by atoms with Gasteiger partial charge in [-0.05, 0) is 49.4 Å². The van der Waals surface area contributed by atoms with Gasteiger partial charge >= 0.3 is 39.5 Å². The number of aliphatic hydroxyl groups is 1. The molecule has 0 saturated carbocycles. The molecule has 113 heavy (non-hydrogen) atoms. The van der Waals surface area contributed by atoms with Gasteiger partial charge in [-0.3, -0.25) is 37.3 Å². The van der Waals surface area contributed by atoms with E-state index in [1.54, 1.807) is 0 Å². The minimum Gasteiger partial charge on any atom is -0.462 e. The Kier molecular flexibility index (Phi) is 81.0. The molecule has 0 aliphatic carbocycles. The lowest BCUT2D eigenvalue weighted by atomic mass is 9.99. The van der Waals surface area contributed by atoms with E-state index in [0.717, 1.165) is 114 Å². The highest BCUT2D eigenvalue weighted by molar-refractivity contribution is 7.47. The third-order valence-corrected chi connectivity index (χ3v) is 24.7. The highest BCUT2D eigenvalue weighted by atomic mass is 31.2. The maximum absolute atomic E-state index is 13.2. The number of hydrogen-bond acceptors (Lipinski definition) is 15. The smallest absolute Gasteiger partial charge is 0.462 e. The molecule has 0 spiro atoms. The number of carbonyl (C=O) groups is 4. The van der Waals surface area contributed by atoms with E-state index in [0.29, 0.717) is 31.6 Å². The fourth-order valence-electron chi connectivity index (χ4n) is 14.7. The van der Waals surface area contributed by atoms with Crippen LogP contribution in [0.15, 0.2) is 0 Å². The van der Waals surface area contributed by atoms with E-state index in [2.05, 4.69) is 55.4 Å². The fraction of sp³-hybridized carbons (Fsp3) is 0.957. The summed E-state index contributed by atoms with van der Waals surface area (Å²) in [5.41, 5.74) is 0. The number of phosphoric ester groups is 2. The summed E-state index contributed by atoms with van der Waals surface area (Å²) in [6.45, 7) is 14.4. The lowest BCUT2D eigenvalue weighted by Gasteiger charge is -2.21. The molecule has 0 aromatic heterocycles. The largest absolute Gasteiger partial charge is 0.472 e. The molecule has 0 radical (unpaired) electrons. The van der Waals surface area contributed by atoms with Crippen molar-refractivity contribution in [1.29, 1.82) is 0 Å². The van der Waals surface area contributed by atoms with Crippen LogP contribution in [0.2, 0.25) is 0 Å². The van der Waals surface area contributed by atoms with Crippen molar-refractivity contribution in [2.75, 3.05) is 39.6 Å². The van der Waals surface area contributed by atoms with Crippen LogP contribution in [0.4, 0.5) is 0 Å². The van der Waals surface area contributed by atoms with E-state index in [1.807, 2.05) is 0 Å². The Bertz CT molecular complexity index is 2190. The van der Waals surface area contributed by atoms with Crippen LogP contribution in [0.5, 0.6) is 0 Å². The summed E-state index contributed by atoms with van der Waals surface area (Å²) < 4.78 is 69.1. The molecule has 19 heteroatoms. The second-order valence-electron chi connectivity index (χ2n) is 35.2.